The van der Waals surface area contributed by atoms with Crippen LogP contribution in [-0.2, 0) is 17.9 Å². The van der Waals surface area contributed by atoms with Crippen LogP contribution in [0.15, 0.2) is 16.7 Å². The zero-order valence-electron chi connectivity index (χ0n) is 13.3. The molecule has 0 spiro atoms. The van der Waals surface area contributed by atoms with Gasteiger partial charge in [0.05, 0.1) is 19.2 Å². The monoisotopic (exact) mass is 378 g/mol. The van der Waals surface area contributed by atoms with Gasteiger partial charge in [-0.2, -0.15) is 5.48 Å². The molecule has 0 saturated carbocycles. The average molecular weight is 379 g/mol. The summed E-state index contributed by atoms with van der Waals surface area (Å²) < 4.78 is 3.01. The number of anilines is 1. The van der Waals surface area contributed by atoms with Crippen molar-refractivity contribution in [2.75, 3.05) is 12.8 Å². The quantitative estimate of drug-likeness (QED) is 0.663. The highest BCUT2D eigenvalue weighted by molar-refractivity contribution is 9.10. The molecular weight excluding hydrogens is 360 g/mol. The van der Waals surface area contributed by atoms with Crippen LogP contribution in [0, 0.1) is 5.92 Å². The Kier molecular flexibility index (Phi) is 4.47. The van der Waals surface area contributed by atoms with Crippen LogP contribution in [-0.4, -0.2) is 26.6 Å². The summed E-state index contributed by atoms with van der Waals surface area (Å²) in [5, 5.41) is 0. The van der Waals surface area contributed by atoms with Crippen molar-refractivity contribution in [1.29, 1.82) is 0 Å². The van der Waals surface area contributed by atoms with Crippen LogP contribution in [0.25, 0.3) is 22.1 Å². The Morgan fingerprint density at radius 3 is 2.83 bits per heavy atom. The number of aromatic nitrogens is 4. The molecule has 0 aromatic carbocycles. The zero-order chi connectivity index (χ0) is 16.6. The number of hydrogen-bond donors (Lipinski definition) is 2. The van der Waals surface area contributed by atoms with Gasteiger partial charge in [-0.1, -0.05) is 13.8 Å². The van der Waals surface area contributed by atoms with Crippen molar-refractivity contribution in [3.63, 3.8) is 0 Å². The molecule has 3 aromatic heterocycles. The van der Waals surface area contributed by atoms with E-state index >= 15 is 0 Å². The number of hydroxylamine groups is 1. The summed E-state index contributed by atoms with van der Waals surface area (Å²) in [6.45, 7) is 5.62. The number of pyridine rings is 2. The van der Waals surface area contributed by atoms with Crippen LogP contribution in [0.2, 0.25) is 0 Å². The molecule has 7 nitrogen and oxygen atoms in total. The maximum absolute atomic E-state index is 6.13. The molecule has 0 fully saturated rings. The van der Waals surface area contributed by atoms with Gasteiger partial charge in [0.15, 0.2) is 5.82 Å². The average Bonchev–Trinajstić information content (AvgIpc) is 2.84. The van der Waals surface area contributed by atoms with Gasteiger partial charge in [-0.25, -0.2) is 9.97 Å². The van der Waals surface area contributed by atoms with Crippen molar-refractivity contribution >= 4 is 43.8 Å². The van der Waals surface area contributed by atoms with Crippen LogP contribution in [0.4, 0.5) is 5.82 Å². The minimum atomic E-state index is 0.411. The van der Waals surface area contributed by atoms with Gasteiger partial charge in [-0.15, -0.1) is 0 Å². The van der Waals surface area contributed by atoms with Gasteiger partial charge in [0.2, 0.25) is 0 Å². The van der Waals surface area contributed by atoms with E-state index in [9.17, 15) is 0 Å². The van der Waals surface area contributed by atoms with E-state index in [1.165, 1.54) is 0 Å². The lowest BCUT2D eigenvalue weighted by Crippen LogP contribution is -2.17. The summed E-state index contributed by atoms with van der Waals surface area (Å²) >= 11 is 3.43. The molecule has 0 saturated heterocycles. The van der Waals surface area contributed by atoms with Crippen molar-refractivity contribution in [2.45, 2.75) is 26.9 Å². The molecule has 0 bridgehead atoms. The van der Waals surface area contributed by atoms with Gasteiger partial charge >= 0.3 is 0 Å². The Balaban J connectivity index is 2.33. The highest BCUT2D eigenvalue weighted by Gasteiger charge is 2.18. The number of nitrogens with two attached hydrogens (primary N) is 1. The maximum atomic E-state index is 6.13. The molecule has 0 unspecified atom stereocenters. The Morgan fingerprint density at radius 1 is 1.35 bits per heavy atom. The first kappa shape index (κ1) is 16.1. The van der Waals surface area contributed by atoms with Crippen molar-refractivity contribution in [3.8, 4) is 0 Å². The van der Waals surface area contributed by atoms with E-state index in [1.807, 2.05) is 6.07 Å². The first-order valence-electron chi connectivity index (χ1n) is 7.37. The number of imidazole rings is 1. The standard InChI is InChI=1S/C15H19BrN6O/c1-8(2)7-22-11(6-19-23-3)21-13-14(22)12-10(20-15(13)17)4-9(16)5-18-12/h4-5,8,19H,6-7H2,1-3H3,(H2,17,20). The first-order chi connectivity index (χ1) is 11.0. The number of nitrogen functional groups attached to an aromatic ring is 1. The molecule has 0 amide bonds. The topological polar surface area (TPSA) is 90.9 Å². The van der Waals surface area contributed by atoms with Gasteiger partial charge < -0.3 is 15.1 Å². The summed E-state index contributed by atoms with van der Waals surface area (Å²) in [5.74, 6) is 1.71. The van der Waals surface area contributed by atoms with Gasteiger partial charge in [0.1, 0.15) is 22.4 Å². The minimum Gasteiger partial charge on any atom is -0.382 e. The summed E-state index contributed by atoms with van der Waals surface area (Å²) in [6.07, 6.45) is 1.76. The molecule has 3 heterocycles. The molecule has 0 atom stereocenters. The molecule has 3 aromatic rings. The molecule has 0 radical (unpaired) electrons. The molecule has 0 aliphatic carbocycles. The summed E-state index contributed by atoms with van der Waals surface area (Å²) in [5.41, 5.74) is 12.1. The number of hydrogen-bond acceptors (Lipinski definition) is 6. The molecular formula is C15H19BrN6O. The van der Waals surface area contributed by atoms with Crippen LogP contribution < -0.4 is 11.2 Å². The van der Waals surface area contributed by atoms with Crippen molar-refractivity contribution < 1.29 is 4.84 Å². The SMILES string of the molecule is CONCc1nc2c(N)nc3cc(Br)cnc3c2n1CC(C)C. The van der Waals surface area contributed by atoms with Crippen LogP contribution >= 0.6 is 15.9 Å². The Bertz CT molecular complexity index is 860. The maximum Gasteiger partial charge on any atom is 0.152 e. The Morgan fingerprint density at radius 2 is 2.13 bits per heavy atom. The molecule has 0 aliphatic rings. The number of nitrogens with one attached hydrogen (secondary N) is 1. The normalized spacial score (nSPS) is 11.9. The van der Waals surface area contributed by atoms with Gasteiger partial charge in [-0.3, -0.25) is 4.98 Å². The van der Waals surface area contributed by atoms with E-state index in [0.717, 1.165) is 33.4 Å². The second kappa shape index (κ2) is 6.38. The van der Waals surface area contributed by atoms with E-state index in [1.54, 1.807) is 13.3 Å². The van der Waals surface area contributed by atoms with Crippen molar-refractivity contribution in [3.05, 3.63) is 22.6 Å². The molecule has 122 valence electrons. The highest BCUT2D eigenvalue weighted by atomic mass is 79.9. The van der Waals surface area contributed by atoms with E-state index in [2.05, 4.69) is 54.8 Å². The lowest BCUT2D eigenvalue weighted by Gasteiger charge is -2.12. The number of nitrogens with zero attached hydrogens (tertiary/aromatic N) is 4. The fraction of sp³-hybridized carbons (Fsp3) is 0.400. The minimum absolute atomic E-state index is 0.411. The number of rotatable bonds is 5. The Labute approximate surface area is 142 Å². The molecule has 3 N–H and O–H groups in total. The lowest BCUT2D eigenvalue weighted by molar-refractivity contribution is 0.0840. The van der Waals surface area contributed by atoms with Crippen LogP contribution in [0.3, 0.4) is 0 Å². The van der Waals surface area contributed by atoms with Crippen molar-refractivity contribution in [2.24, 2.45) is 5.92 Å². The highest BCUT2D eigenvalue weighted by Crippen LogP contribution is 2.29. The molecule has 3 rings (SSSR count). The number of fused-ring (bicyclic) bond motifs is 3. The Hall–Kier alpha value is -1.77. The zero-order valence-corrected chi connectivity index (χ0v) is 14.9. The van der Waals surface area contributed by atoms with Crippen LogP contribution in [0.5, 0.6) is 0 Å². The second-order valence-corrected chi connectivity index (χ2v) is 6.69. The largest absolute Gasteiger partial charge is 0.382 e. The van der Waals surface area contributed by atoms with E-state index in [4.69, 9.17) is 10.6 Å². The van der Waals surface area contributed by atoms with E-state index in [-0.39, 0.29) is 0 Å². The lowest BCUT2D eigenvalue weighted by atomic mass is 10.2. The second-order valence-electron chi connectivity index (χ2n) is 5.77. The summed E-state index contributed by atoms with van der Waals surface area (Å²) in [4.78, 5) is 18.6. The smallest absolute Gasteiger partial charge is 0.152 e. The number of halogens is 1. The molecule has 0 aliphatic heterocycles. The predicted molar refractivity (Wildman–Crippen MR) is 93.6 cm³/mol. The fourth-order valence-electron chi connectivity index (χ4n) is 2.63. The van der Waals surface area contributed by atoms with Crippen molar-refractivity contribution in [1.82, 2.24) is 25.0 Å². The third kappa shape index (κ3) is 3.01. The van der Waals surface area contributed by atoms with Gasteiger partial charge in [0.25, 0.3) is 0 Å². The van der Waals surface area contributed by atoms with Crippen LogP contribution in [0.1, 0.15) is 19.7 Å². The summed E-state index contributed by atoms with van der Waals surface area (Å²) in [7, 11) is 1.58. The fourth-order valence-corrected chi connectivity index (χ4v) is 2.95. The first-order valence-corrected chi connectivity index (χ1v) is 8.16. The van der Waals surface area contributed by atoms with E-state index in [0.29, 0.717) is 23.8 Å². The van der Waals surface area contributed by atoms with Gasteiger partial charge in [0, 0.05) is 17.2 Å². The molecule has 8 heteroatoms. The van der Waals surface area contributed by atoms with Gasteiger partial charge in [-0.05, 0) is 27.9 Å². The predicted octanol–water partition coefficient (Wildman–Crippen LogP) is 2.63. The molecule has 23 heavy (non-hydrogen) atoms. The summed E-state index contributed by atoms with van der Waals surface area (Å²) in [6, 6.07) is 1.91. The third-order valence-corrected chi connectivity index (χ3v) is 3.94. The van der Waals surface area contributed by atoms with E-state index < -0.39 is 0 Å². The third-order valence-electron chi connectivity index (χ3n) is 3.51.